The number of hydrogen-bond acceptors (Lipinski definition) is 1. The molecule has 0 aliphatic rings. The Bertz CT molecular complexity index is 392. The van der Waals surface area contributed by atoms with Crippen molar-refractivity contribution in [2.45, 2.75) is 26.8 Å². The van der Waals surface area contributed by atoms with E-state index < -0.39 is 0 Å². The predicted octanol–water partition coefficient (Wildman–Crippen LogP) is 3.78. The molecule has 0 saturated heterocycles. The van der Waals surface area contributed by atoms with Gasteiger partial charge in [-0.3, -0.25) is 0 Å². The molecule has 14 heavy (non-hydrogen) atoms. The zero-order chi connectivity index (χ0) is 10.1. The summed E-state index contributed by atoms with van der Waals surface area (Å²) in [6, 6.07) is 7.01. The molecule has 1 atom stereocenters. The molecule has 0 saturated carbocycles. The molecule has 2 heteroatoms. The first-order chi connectivity index (χ1) is 6.70. The minimum absolute atomic E-state index is 0.455. The third-order valence-electron chi connectivity index (χ3n) is 2.74. The first-order valence-corrected chi connectivity index (χ1v) is 5.81. The van der Waals surface area contributed by atoms with Crippen LogP contribution in [0.15, 0.2) is 29.0 Å². The topological polar surface area (TPSA) is 4.93 Å². The zero-order valence-corrected chi connectivity index (χ0v) is 9.64. The molecule has 0 radical (unpaired) electrons. The van der Waals surface area contributed by atoms with E-state index in [4.69, 9.17) is 0 Å². The lowest BCUT2D eigenvalue weighted by molar-refractivity contribution is 0.612. The van der Waals surface area contributed by atoms with Crippen LogP contribution < -0.4 is 0 Å². The fraction of sp³-hybridized carbons (Fsp3) is 0.333. The molecule has 0 aliphatic carbocycles. The first kappa shape index (κ1) is 9.53. The van der Waals surface area contributed by atoms with Crippen LogP contribution in [0.4, 0.5) is 0 Å². The average molecular weight is 205 g/mol. The van der Waals surface area contributed by atoms with Crippen LogP contribution in [0.5, 0.6) is 0 Å². The lowest BCUT2D eigenvalue weighted by Crippen LogP contribution is -2.08. The van der Waals surface area contributed by atoms with E-state index in [0.717, 1.165) is 0 Å². The Morgan fingerprint density at radius 3 is 2.29 bits per heavy atom. The molecule has 1 nitrogen and oxygen atoms in total. The molecule has 2 rings (SSSR count). The van der Waals surface area contributed by atoms with Crippen molar-refractivity contribution in [2.24, 2.45) is 0 Å². The second-order valence-corrected chi connectivity index (χ2v) is 4.50. The SMILES string of the molecule is Cc1ccc(C)n1C(C)c1ccsc1. The number of aryl methyl sites for hydroxylation is 2. The minimum Gasteiger partial charge on any atom is -0.342 e. The molecule has 2 aromatic heterocycles. The number of hydrogen-bond donors (Lipinski definition) is 0. The van der Waals surface area contributed by atoms with Gasteiger partial charge in [-0.25, -0.2) is 0 Å². The summed E-state index contributed by atoms with van der Waals surface area (Å²) in [5, 5.41) is 4.36. The molecule has 0 fully saturated rings. The molecular weight excluding hydrogens is 190 g/mol. The van der Waals surface area contributed by atoms with Crippen molar-refractivity contribution in [3.63, 3.8) is 0 Å². The first-order valence-electron chi connectivity index (χ1n) is 4.86. The van der Waals surface area contributed by atoms with E-state index >= 15 is 0 Å². The van der Waals surface area contributed by atoms with E-state index in [1.165, 1.54) is 17.0 Å². The van der Waals surface area contributed by atoms with Gasteiger partial charge in [0.25, 0.3) is 0 Å². The van der Waals surface area contributed by atoms with Crippen molar-refractivity contribution < 1.29 is 0 Å². The molecule has 2 heterocycles. The predicted molar refractivity (Wildman–Crippen MR) is 62.0 cm³/mol. The van der Waals surface area contributed by atoms with Crippen molar-refractivity contribution in [1.29, 1.82) is 0 Å². The summed E-state index contributed by atoms with van der Waals surface area (Å²) in [5.41, 5.74) is 4.07. The molecule has 0 amide bonds. The Labute approximate surface area is 89.0 Å². The van der Waals surface area contributed by atoms with Gasteiger partial charge in [0.1, 0.15) is 0 Å². The third kappa shape index (κ3) is 1.50. The van der Waals surface area contributed by atoms with E-state index in [1.807, 2.05) is 0 Å². The van der Waals surface area contributed by atoms with Gasteiger partial charge in [-0.1, -0.05) is 0 Å². The lowest BCUT2D eigenvalue weighted by atomic mass is 10.1. The summed E-state index contributed by atoms with van der Waals surface area (Å²) in [6.07, 6.45) is 0. The highest BCUT2D eigenvalue weighted by molar-refractivity contribution is 7.07. The van der Waals surface area contributed by atoms with Crippen LogP contribution in [0.3, 0.4) is 0 Å². The third-order valence-corrected chi connectivity index (χ3v) is 3.44. The number of aromatic nitrogens is 1. The molecule has 0 aromatic carbocycles. The Balaban J connectivity index is 2.41. The summed E-state index contributed by atoms with van der Waals surface area (Å²) < 4.78 is 2.38. The van der Waals surface area contributed by atoms with Gasteiger partial charge in [-0.05, 0) is 55.3 Å². The van der Waals surface area contributed by atoms with Gasteiger partial charge in [-0.2, -0.15) is 11.3 Å². The van der Waals surface area contributed by atoms with Gasteiger partial charge in [0.2, 0.25) is 0 Å². The summed E-state index contributed by atoms with van der Waals surface area (Å²) in [5.74, 6) is 0. The van der Waals surface area contributed by atoms with Crippen LogP contribution in [0.25, 0.3) is 0 Å². The normalized spacial score (nSPS) is 13.1. The van der Waals surface area contributed by atoms with E-state index in [2.05, 4.69) is 54.3 Å². The van der Waals surface area contributed by atoms with Crippen molar-refractivity contribution >= 4 is 11.3 Å². The lowest BCUT2D eigenvalue weighted by Gasteiger charge is -2.17. The average Bonchev–Trinajstić information content (AvgIpc) is 2.75. The summed E-state index contributed by atoms with van der Waals surface area (Å²) >= 11 is 1.76. The van der Waals surface area contributed by atoms with E-state index in [0.29, 0.717) is 6.04 Å². The highest BCUT2D eigenvalue weighted by Gasteiger charge is 2.11. The monoisotopic (exact) mass is 205 g/mol. The number of rotatable bonds is 2. The smallest absolute Gasteiger partial charge is 0.0565 e. The Morgan fingerprint density at radius 1 is 1.14 bits per heavy atom. The van der Waals surface area contributed by atoms with Gasteiger partial charge in [0.05, 0.1) is 6.04 Å². The second-order valence-electron chi connectivity index (χ2n) is 3.72. The van der Waals surface area contributed by atoms with E-state index in [1.54, 1.807) is 11.3 Å². The van der Waals surface area contributed by atoms with Gasteiger partial charge < -0.3 is 4.57 Å². The van der Waals surface area contributed by atoms with Crippen molar-refractivity contribution in [3.8, 4) is 0 Å². The molecule has 0 N–H and O–H groups in total. The van der Waals surface area contributed by atoms with E-state index in [9.17, 15) is 0 Å². The van der Waals surface area contributed by atoms with Gasteiger partial charge >= 0.3 is 0 Å². The van der Waals surface area contributed by atoms with Gasteiger partial charge in [-0.15, -0.1) is 0 Å². The van der Waals surface area contributed by atoms with Crippen LogP contribution in [0, 0.1) is 13.8 Å². The zero-order valence-electron chi connectivity index (χ0n) is 8.82. The standard InChI is InChI=1S/C12H15NS/c1-9-4-5-10(2)13(9)11(3)12-6-7-14-8-12/h4-8,11H,1-3H3. The Kier molecular flexibility index (Phi) is 2.46. The molecule has 1 unspecified atom stereocenters. The van der Waals surface area contributed by atoms with Crippen molar-refractivity contribution in [1.82, 2.24) is 4.57 Å². The van der Waals surface area contributed by atoms with Gasteiger partial charge in [0.15, 0.2) is 0 Å². The summed E-state index contributed by atoms with van der Waals surface area (Å²) in [6.45, 7) is 6.58. The minimum atomic E-state index is 0.455. The van der Waals surface area contributed by atoms with Crippen LogP contribution in [0.2, 0.25) is 0 Å². The highest BCUT2D eigenvalue weighted by atomic mass is 32.1. The Morgan fingerprint density at radius 2 is 1.79 bits per heavy atom. The largest absolute Gasteiger partial charge is 0.342 e. The molecule has 0 spiro atoms. The van der Waals surface area contributed by atoms with Crippen LogP contribution in [-0.4, -0.2) is 4.57 Å². The maximum absolute atomic E-state index is 2.38. The number of thiophene rings is 1. The van der Waals surface area contributed by atoms with Crippen LogP contribution in [-0.2, 0) is 0 Å². The quantitative estimate of drug-likeness (QED) is 0.703. The molecule has 74 valence electrons. The molecular formula is C12H15NS. The fourth-order valence-corrected chi connectivity index (χ4v) is 2.70. The molecule has 2 aromatic rings. The fourth-order valence-electron chi connectivity index (χ4n) is 1.95. The van der Waals surface area contributed by atoms with Crippen LogP contribution in [0.1, 0.15) is 29.9 Å². The Hall–Kier alpha value is -1.02. The molecule has 0 aliphatic heterocycles. The second kappa shape index (κ2) is 3.62. The maximum Gasteiger partial charge on any atom is 0.0565 e. The molecule has 0 bridgehead atoms. The number of nitrogens with zero attached hydrogens (tertiary/aromatic N) is 1. The van der Waals surface area contributed by atoms with Gasteiger partial charge in [0, 0.05) is 11.4 Å². The summed E-state index contributed by atoms with van der Waals surface area (Å²) in [7, 11) is 0. The van der Waals surface area contributed by atoms with Crippen molar-refractivity contribution in [3.05, 3.63) is 45.9 Å². The van der Waals surface area contributed by atoms with Crippen LogP contribution >= 0.6 is 11.3 Å². The highest BCUT2D eigenvalue weighted by Crippen LogP contribution is 2.24. The van der Waals surface area contributed by atoms with Crippen molar-refractivity contribution in [2.75, 3.05) is 0 Å². The summed E-state index contributed by atoms with van der Waals surface area (Å²) in [4.78, 5) is 0. The maximum atomic E-state index is 2.38. The van der Waals surface area contributed by atoms with E-state index in [-0.39, 0.29) is 0 Å².